The molecule has 0 aliphatic rings. The maximum atomic E-state index is 13.3. The summed E-state index contributed by atoms with van der Waals surface area (Å²) in [5.41, 5.74) is -0.0313. The van der Waals surface area contributed by atoms with E-state index in [0.717, 1.165) is 11.0 Å². The van der Waals surface area contributed by atoms with Crippen LogP contribution in [0.25, 0.3) is 10.9 Å². The van der Waals surface area contributed by atoms with Crippen LogP contribution in [0.5, 0.6) is 0 Å². The monoisotopic (exact) mass is 266 g/mol. The van der Waals surface area contributed by atoms with E-state index in [1.165, 1.54) is 25.2 Å². The van der Waals surface area contributed by atoms with Gasteiger partial charge in [-0.1, -0.05) is 0 Å². The summed E-state index contributed by atoms with van der Waals surface area (Å²) in [6.07, 6.45) is 0. The van der Waals surface area contributed by atoms with Crippen molar-refractivity contribution in [2.45, 2.75) is 0 Å². The van der Waals surface area contributed by atoms with E-state index in [1.807, 2.05) is 0 Å². The molecule has 1 aromatic heterocycles. The van der Waals surface area contributed by atoms with E-state index in [4.69, 9.17) is 0 Å². The van der Waals surface area contributed by atoms with Crippen molar-refractivity contribution in [2.75, 3.05) is 20.3 Å². The number of rotatable bonds is 3. The average molecular weight is 266 g/mol. The molecule has 0 atom stereocenters. The second kappa shape index (κ2) is 5.17. The molecule has 1 heterocycles. The second-order valence-electron chi connectivity index (χ2n) is 4.15. The molecule has 0 unspecified atom stereocenters. The first-order valence-electron chi connectivity index (χ1n) is 5.67. The topological polar surface area (TPSA) is 53.2 Å². The highest BCUT2D eigenvalue weighted by molar-refractivity contribution is 6.05. The zero-order valence-electron chi connectivity index (χ0n) is 10.2. The molecule has 1 aromatic carbocycles. The Labute approximate surface area is 107 Å². The minimum absolute atomic E-state index is 0.0641. The third-order valence-corrected chi connectivity index (χ3v) is 2.80. The lowest BCUT2D eigenvalue weighted by atomic mass is 10.1. The molecule has 0 fully saturated rings. The van der Waals surface area contributed by atoms with Crippen LogP contribution in [0.2, 0.25) is 0 Å². The van der Waals surface area contributed by atoms with Crippen LogP contribution >= 0.6 is 0 Å². The Morgan fingerprint density at radius 3 is 2.79 bits per heavy atom. The van der Waals surface area contributed by atoms with E-state index in [1.54, 1.807) is 0 Å². The molecule has 100 valence electrons. The van der Waals surface area contributed by atoms with Gasteiger partial charge in [-0.15, -0.1) is 0 Å². The average Bonchev–Trinajstić information content (AvgIpc) is 2.38. The third kappa shape index (κ3) is 2.62. The fourth-order valence-corrected chi connectivity index (χ4v) is 1.84. The Kier molecular flexibility index (Phi) is 3.59. The van der Waals surface area contributed by atoms with Crippen LogP contribution in [0.4, 0.5) is 8.78 Å². The normalized spacial score (nSPS) is 10.7. The number of hydrogen-bond acceptors (Lipinski definition) is 2. The van der Waals surface area contributed by atoms with Crippen molar-refractivity contribution in [1.29, 1.82) is 0 Å². The fraction of sp³-hybridized carbons (Fsp3) is 0.231. The molecular formula is C13H12F2N2O2. The largest absolute Gasteiger partial charge is 0.339 e. The number of nitrogens with zero attached hydrogens (tertiary/aromatic N) is 1. The third-order valence-electron chi connectivity index (χ3n) is 2.80. The lowest BCUT2D eigenvalue weighted by Crippen LogP contribution is -2.29. The van der Waals surface area contributed by atoms with Crippen molar-refractivity contribution in [1.82, 2.24) is 9.88 Å². The SMILES string of the molecule is CN(CCF)C(=O)c1cc(=O)[nH]c2ccc(F)cc12. The molecular weight excluding hydrogens is 254 g/mol. The van der Waals surface area contributed by atoms with Gasteiger partial charge in [-0.2, -0.15) is 0 Å². The molecule has 0 aliphatic heterocycles. The molecule has 4 nitrogen and oxygen atoms in total. The molecule has 0 aliphatic carbocycles. The highest BCUT2D eigenvalue weighted by Crippen LogP contribution is 2.17. The molecule has 0 spiro atoms. The van der Waals surface area contributed by atoms with Crippen LogP contribution < -0.4 is 5.56 Å². The number of fused-ring (bicyclic) bond motifs is 1. The van der Waals surface area contributed by atoms with Gasteiger partial charge in [0.2, 0.25) is 5.56 Å². The van der Waals surface area contributed by atoms with Gasteiger partial charge < -0.3 is 9.88 Å². The van der Waals surface area contributed by atoms with Gasteiger partial charge in [0, 0.05) is 30.6 Å². The quantitative estimate of drug-likeness (QED) is 0.919. The van der Waals surface area contributed by atoms with Crippen LogP contribution in [0.3, 0.4) is 0 Å². The lowest BCUT2D eigenvalue weighted by Gasteiger charge is -2.16. The van der Waals surface area contributed by atoms with Crippen LogP contribution in [0.1, 0.15) is 10.4 Å². The van der Waals surface area contributed by atoms with Gasteiger partial charge in [-0.05, 0) is 18.2 Å². The molecule has 1 amide bonds. The summed E-state index contributed by atoms with van der Waals surface area (Å²) in [4.78, 5) is 27.2. The number of benzene rings is 1. The number of hydrogen-bond donors (Lipinski definition) is 1. The zero-order valence-corrected chi connectivity index (χ0v) is 10.2. The van der Waals surface area contributed by atoms with Crippen molar-refractivity contribution >= 4 is 16.8 Å². The first kappa shape index (κ1) is 13.2. The number of pyridine rings is 1. The molecule has 2 aromatic rings. The number of alkyl halides is 1. The van der Waals surface area contributed by atoms with E-state index in [0.29, 0.717) is 10.9 Å². The summed E-state index contributed by atoms with van der Waals surface area (Å²) in [5.74, 6) is -1.03. The first-order chi connectivity index (χ1) is 9.02. The van der Waals surface area contributed by atoms with Crippen molar-refractivity contribution in [3.05, 3.63) is 46.0 Å². The number of carbonyl (C=O) groups excluding carboxylic acids is 1. The summed E-state index contributed by atoms with van der Waals surface area (Å²) < 4.78 is 25.5. The van der Waals surface area contributed by atoms with Crippen LogP contribution in [0.15, 0.2) is 29.1 Å². The molecule has 0 saturated heterocycles. The van der Waals surface area contributed by atoms with E-state index in [2.05, 4.69) is 4.98 Å². The van der Waals surface area contributed by atoms with Gasteiger partial charge in [0.25, 0.3) is 5.91 Å². The Bertz CT molecular complexity index is 682. The standard InChI is InChI=1S/C13H12F2N2O2/c1-17(5-4-14)13(19)10-7-12(18)16-11-3-2-8(15)6-9(10)11/h2-3,6-7H,4-5H2,1H3,(H,16,18). The van der Waals surface area contributed by atoms with Crippen LogP contribution in [-0.2, 0) is 0 Å². The Morgan fingerprint density at radius 1 is 1.37 bits per heavy atom. The number of aromatic nitrogens is 1. The number of H-pyrrole nitrogens is 1. The van der Waals surface area contributed by atoms with E-state index < -0.39 is 24.0 Å². The predicted molar refractivity (Wildman–Crippen MR) is 67.5 cm³/mol. The smallest absolute Gasteiger partial charge is 0.254 e. The lowest BCUT2D eigenvalue weighted by molar-refractivity contribution is 0.0788. The van der Waals surface area contributed by atoms with E-state index in [-0.39, 0.29) is 12.1 Å². The number of amides is 1. The number of halogens is 2. The van der Waals surface area contributed by atoms with E-state index in [9.17, 15) is 18.4 Å². The molecule has 0 bridgehead atoms. The van der Waals surface area contributed by atoms with Crippen molar-refractivity contribution in [2.24, 2.45) is 0 Å². The number of nitrogens with one attached hydrogen (secondary N) is 1. The van der Waals surface area contributed by atoms with E-state index >= 15 is 0 Å². The molecule has 0 saturated carbocycles. The second-order valence-corrected chi connectivity index (χ2v) is 4.15. The van der Waals surface area contributed by atoms with Gasteiger partial charge in [0.05, 0.1) is 5.56 Å². The van der Waals surface area contributed by atoms with Gasteiger partial charge >= 0.3 is 0 Å². The Hall–Kier alpha value is -2.24. The fourth-order valence-electron chi connectivity index (χ4n) is 1.84. The molecule has 19 heavy (non-hydrogen) atoms. The first-order valence-corrected chi connectivity index (χ1v) is 5.67. The zero-order chi connectivity index (χ0) is 14.0. The van der Waals surface area contributed by atoms with Crippen molar-refractivity contribution in [3.8, 4) is 0 Å². The summed E-state index contributed by atoms with van der Waals surface area (Å²) in [7, 11) is 1.42. The summed E-state index contributed by atoms with van der Waals surface area (Å²) in [5, 5.41) is 0.301. The molecule has 2 rings (SSSR count). The predicted octanol–water partition coefficient (Wildman–Crippen LogP) is 1.71. The van der Waals surface area contributed by atoms with Crippen molar-refractivity contribution < 1.29 is 13.6 Å². The Balaban J connectivity index is 2.61. The molecule has 1 N–H and O–H groups in total. The summed E-state index contributed by atoms with van der Waals surface area (Å²) >= 11 is 0. The number of carbonyl (C=O) groups is 1. The van der Waals surface area contributed by atoms with Gasteiger partial charge in [-0.25, -0.2) is 8.78 Å². The van der Waals surface area contributed by atoms with Crippen molar-refractivity contribution in [3.63, 3.8) is 0 Å². The van der Waals surface area contributed by atoms with Gasteiger partial charge in [-0.3, -0.25) is 9.59 Å². The number of aromatic amines is 1. The van der Waals surface area contributed by atoms with Gasteiger partial charge in [0.1, 0.15) is 12.5 Å². The highest BCUT2D eigenvalue weighted by atomic mass is 19.1. The summed E-state index contributed by atoms with van der Waals surface area (Å²) in [6.45, 7) is -0.764. The van der Waals surface area contributed by atoms with Gasteiger partial charge in [0.15, 0.2) is 0 Å². The highest BCUT2D eigenvalue weighted by Gasteiger charge is 2.16. The molecule has 6 heteroatoms. The van der Waals surface area contributed by atoms with Crippen LogP contribution in [-0.4, -0.2) is 36.1 Å². The van der Waals surface area contributed by atoms with Crippen LogP contribution in [0, 0.1) is 5.82 Å². The Morgan fingerprint density at radius 2 is 2.11 bits per heavy atom. The maximum Gasteiger partial charge on any atom is 0.254 e. The maximum absolute atomic E-state index is 13.3. The minimum Gasteiger partial charge on any atom is -0.339 e. The minimum atomic E-state index is -0.683. The molecule has 0 radical (unpaired) electrons. The summed E-state index contributed by atoms with van der Waals surface area (Å²) in [6, 6.07) is 4.84.